The van der Waals surface area contributed by atoms with Gasteiger partial charge in [-0.1, -0.05) is 13.8 Å². The van der Waals surface area contributed by atoms with E-state index in [1.807, 2.05) is 0 Å². The number of halogens is 1. The molecule has 0 saturated carbocycles. The molecule has 0 unspecified atom stereocenters. The molecule has 0 saturated heterocycles. The molecule has 0 bridgehead atoms. The maximum absolute atomic E-state index is 12.7. The van der Waals surface area contributed by atoms with Crippen molar-refractivity contribution in [2.75, 3.05) is 13.1 Å². The van der Waals surface area contributed by atoms with Gasteiger partial charge in [-0.3, -0.25) is 9.79 Å². The van der Waals surface area contributed by atoms with Crippen LogP contribution < -0.4 is 5.32 Å². The third kappa shape index (κ3) is 3.15. The van der Waals surface area contributed by atoms with Crippen LogP contribution >= 0.6 is 0 Å². The molecule has 1 heterocycles. The predicted molar refractivity (Wildman–Crippen MR) is 69.4 cm³/mol. The minimum Gasteiger partial charge on any atom is -0.373 e. The summed E-state index contributed by atoms with van der Waals surface area (Å²) in [5, 5.41) is 3.18. The standard InChI is InChI=1S/C14H17FN2O/c1-14(2)8-16-13(17-9-14)7-12(18)10-3-5-11(15)6-4-10/h3-6H,7-9H2,1-2H3,(H,16,17). The maximum atomic E-state index is 12.7. The van der Waals surface area contributed by atoms with Gasteiger partial charge in [-0.2, -0.15) is 0 Å². The molecular weight excluding hydrogens is 231 g/mol. The number of hydrogen-bond acceptors (Lipinski definition) is 3. The fourth-order valence-electron chi connectivity index (χ4n) is 1.77. The van der Waals surface area contributed by atoms with Gasteiger partial charge in [0.25, 0.3) is 0 Å². The predicted octanol–water partition coefficient (Wildman–Crippen LogP) is 2.43. The van der Waals surface area contributed by atoms with E-state index in [1.165, 1.54) is 24.3 Å². The second-order valence-electron chi connectivity index (χ2n) is 5.39. The molecule has 1 aliphatic heterocycles. The van der Waals surface area contributed by atoms with E-state index in [4.69, 9.17) is 0 Å². The Bertz CT molecular complexity index is 477. The summed E-state index contributed by atoms with van der Waals surface area (Å²) in [5.41, 5.74) is 0.660. The number of Topliss-reactive ketones (excluding diaryl/α,β-unsaturated/α-hetero) is 1. The van der Waals surface area contributed by atoms with Crippen molar-refractivity contribution in [3.05, 3.63) is 35.6 Å². The minimum atomic E-state index is -0.332. The molecule has 2 rings (SSSR count). The molecule has 0 radical (unpaired) electrons. The van der Waals surface area contributed by atoms with Crippen molar-refractivity contribution in [3.8, 4) is 0 Å². The first-order chi connectivity index (χ1) is 8.46. The van der Waals surface area contributed by atoms with Gasteiger partial charge in [-0.25, -0.2) is 4.39 Å². The Morgan fingerprint density at radius 1 is 1.39 bits per heavy atom. The number of aliphatic imine (C=N–C) groups is 1. The van der Waals surface area contributed by atoms with E-state index in [2.05, 4.69) is 24.2 Å². The van der Waals surface area contributed by atoms with E-state index in [-0.39, 0.29) is 23.4 Å². The van der Waals surface area contributed by atoms with Gasteiger partial charge in [0.2, 0.25) is 0 Å². The highest BCUT2D eigenvalue weighted by Gasteiger charge is 2.23. The zero-order valence-corrected chi connectivity index (χ0v) is 10.7. The number of rotatable bonds is 3. The maximum Gasteiger partial charge on any atom is 0.170 e. The van der Waals surface area contributed by atoms with Crippen LogP contribution in [-0.2, 0) is 0 Å². The van der Waals surface area contributed by atoms with Crippen molar-refractivity contribution < 1.29 is 9.18 Å². The summed E-state index contributed by atoms with van der Waals surface area (Å²) >= 11 is 0. The van der Waals surface area contributed by atoms with Gasteiger partial charge >= 0.3 is 0 Å². The molecule has 1 aromatic carbocycles. The number of ketones is 1. The van der Waals surface area contributed by atoms with E-state index in [1.54, 1.807) is 0 Å². The molecule has 0 spiro atoms. The fraction of sp³-hybridized carbons (Fsp3) is 0.429. The Morgan fingerprint density at radius 2 is 2.06 bits per heavy atom. The van der Waals surface area contributed by atoms with Gasteiger partial charge < -0.3 is 5.32 Å². The van der Waals surface area contributed by atoms with Crippen molar-refractivity contribution >= 4 is 11.6 Å². The molecule has 4 heteroatoms. The summed E-state index contributed by atoms with van der Waals surface area (Å²) < 4.78 is 12.7. The Kier molecular flexibility index (Phi) is 3.45. The van der Waals surface area contributed by atoms with Gasteiger partial charge in [-0.05, 0) is 24.3 Å². The average molecular weight is 248 g/mol. The highest BCUT2D eigenvalue weighted by molar-refractivity contribution is 6.09. The number of hydrogen-bond donors (Lipinski definition) is 1. The topological polar surface area (TPSA) is 41.5 Å². The zero-order chi connectivity index (χ0) is 13.2. The van der Waals surface area contributed by atoms with Crippen LogP contribution in [-0.4, -0.2) is 24.7 Å². The number of amidine groups is 1. The van der Waals surface area contributed by atoms with E-state index in [0.717, 1.165) is 18.9 Å². The molecule has 1 aromatic rings. The van der Waals surface area contributed by atoms with Gasteiger partial charge in [0.15, 0.2) is 5.78 Å². The quantitative estimate of drug-likeness (QED) is 0.835. The third-order valence-electron chi connectivity index (χ3n) is 2.96. The van der Waals surface area contributed by atoms with Crippen molar-refractivity contribution in [3.63, 3.8) is 0 Å². The zero-order valence-electron chi connectivity index (χ0n) is 10.7. The first-order valence-corrected chi connectivity index (χ1v) is 6.02. The van der Waals surface area contributed by atoms with Crippen LogP contribution in [0.4, 0.5) is 4.39 Å². The van der Waals surface area contributed by atoms with Gasteiger partial charge in [0.05, 0.1) is 6.42 Å². The first-order valence-electron chi connectivity index (χ1n) is 6.02. The molecular formula is C14H17FN2O. The van der Waals surface area contributed by atoms with E-state index in [9.17, 15) is 9.18 Å². The van der Waals surface area contributed by atoms with Crippen LogP contribution in [0.1, 0.15) is 30.6 Å². The largest absolute Gasteiger partial charge is 0.373 e. The average Bonchev–Trinajstić information content (AvgIpc) is 2.33. The molecule has 0 aromatic heterocycles. The Morgan fingerprint density at radius 3 is 2.61 bits per heavy atom. The Labute approximate surface area is 106 Å². The van der Waals surface area contributed by atoms with Crippen molar-refractivity contribution in [1.82, 2.24) is 5.32 Å². The van der Waals surface area contributed by atoms with Gasteiger partial charge in [0.1, 0.15) is 11.7 Å². The lowest BCUT2D eigenvalue weighted by molar-refractivity contribution is 0.0999. The molecule has 96 valence electrons. The Balaban J connectivity index is 2.00. The van der Waals surface area contributed by atoms with E-state index >= 15 is 0 Å². The first kappa shape index (κ1) is 12.7. The molecule has 0 aliphatic carbocycles. The Hall–Kier alpha value is -1.71. The van der Waals surface area contributed by atoms with Crippen LogP contribution in [0.3, 0.4) is 0 Å². The SMILES string of the molecule is CC1(C)CN=C(CC(=O)c2ccc(F)cc2)NC1. The smallest absolute Gasteiger partial charge is 0.170 e. The van der Waals surface area contributed by atoms with Crippen molar-refractivity contribution in [1.29, 1.82) is 0 Å². The second kappa shape index (κ2) is 4.88. The van der Waals surface area contributed by atoms with Crippen molar-refractivity contribution in [2.24, 2.45) is 10.4 Å². The van der Waals surface area contributed by atoms with Crippen LogP contribution in [0.2, 0.25) is 0 Å². The number of nitrogens with one attached hydrogen (secondary N) is 1. The summed E-state index contributed by atoms with van der Waals surface area (Å²) in [6, 6.07) is 5.61. The molecule has 18 heavy (non-hydrogen) atoms. The lowest BCUT2D eigenvalue weighted by atomic mass is 9.92. The van der Waals surface area contributed by atoms with Crippen LogP contribution in [0.15, 0.2) is 29.3 Å². The number of nitrogens with zero attached hydrogens (tertiary/aromatic N) is 1. The number of carbonyl (C=O) groups is 1. The monoisotopic (exact) mass is 248 g/mol. The van der Waals surface area contributed by atoms with E-state index in [0.29, 0.717) is 5.56 Å². The number of carbonyl (C=O) groups excluding carboxylic acids is 1. The highest BCUT2D eigenvalue weighted by atomic mass is 19.1. The lowest BCUT2D eigenvalue weighted by Gasteiger charge is -2.28. The van der Waals surface area contributed by atoms with Gasteiger partial charge in [-0.15, -0.1) is 0 Å². The summed E-state index contributed by atoms with van der Waals surface area (Å²) in [5.74, 6) is 0.353. The van der Waals surface area contributed by atoms with Crippen molar-refractivity contribution in [2.45, 2.75) is 20.3 Å². The third-order valence-corrected chi connectivity index (χ3v) is 2.96. The highest BCUT2D eigenvalue weighted by Crippen LogP contribution is 2.17. The molecule has 3 nitrogen and oxygen atoms in total. The fourth-order valence-corrected chi connectivity index (χ4v) is 1.77. The molecule has 1 aliphatic rings. The summed E-state index contributed by atoms with van der Waals surface area (Å²) in [6.07, 6.45) is 0.252. The summed E-state index contributed by atoms with van der Waals surface area (Å²) in [4.78, 5) is 16.3. The summed E-state index contributed by atoms with van der Waals surface area (Å²) in [7, 11) is 0. The number of benzene rings is 1. The van der Waals surface area contributed by atoms with Crippen LogP contribution in [0, 0.1) is 11.2 Å². The molecule has 0 fully saturated rings. The minimum absolute atomic E-state index is 0.0408. The van der Waals surface area contributed by atoms with Gasteiger partial charge in [0, 0.05) is 24.1 Å². The molecule has 0 amide bonds. The second-order valence-corrected chi connectivity index (χ2v) is 5.39. The molecule has 0 atom stereocenters. The van der Waals surface area contributed by atoms with Crippen LogP contribution in [0.25, 0.3) is 0 Å². The summed E-state index contributed by atoms with van der Waals surface area (Å²) in [6.45, 7) is 5.80. The van der Waals surface area contributed by atoms with E-state index < -0.39 is 0 Å². The molecule has 1 N–H and O–H groups in total. The normalized spacial score (nSPS) is 17.8. The van der Waals surface area contributed by atoms with Crippen LogP contribution in [0.5, 0.6) is 0 Å². The lowest BCUT2D eigenvalue weighted by Crippen LogP contribution is -2.41.